The molecule has 0 aromatic heterocycles. The van der Waals surface area contributed by atoms with Gasteiger partial charge in [-0.25, -0.2) is 0 Å². The first kappa shape index (κ1) is 14.2. The Hall–Kier alpha value is -1.26. The highest BCUT2D eigenvalue weighted by Crippen LogP contribution is 2.18. The summed E-state index contributed by atoms with van der Waals surface area (Å²) in [6.07, 6.45) is 3.67. The number of hydrogen-bond donors (Lipinski definition) is 2. The van der Waals surface area contributed by atoms with E-state index in [1.54, 1.807) is 7.11 Å². The first-order valence-corrected chi connectivity index (χ1v) is 7.07. The van der Waals surface area contributed by atoms with Crippen molar-refractivity contribution in [3.63, 3.8) is 0 Å². The van der Waals surface area contributed by atoms with Gasteiger partial charge in [0.25, 0.3) is 0 Å². The van der Waals surface area contributed by atoms with Crippen LogP contribution in [0, 0.1) is 0 Å². The molecule has 0 bridgehead atoms. The van der Waals surface area contributed by atoms with Gasteiger partial charge in [-0.1, -0.05) is 0 Å². The van der Waals surface area contributed by atoms with Gasteiger partial charge in [-0.05, 0) is 56.6 Å². The summed E-state index contributed by atoms with van der Waals surface area (Å²) in [4.78, 5) is 0. The van der Waals surface area contributed by atoms with Crippen LogP contribution in [0.5, 0.6) is 5.75 Å². The maximum atomic E-state index is 5.55. The van der Waals surface area contributed by atoms with E-state index in [1.165, 1.54) is 24.9 Å². The van der Waals surface area contributed by atoms with Crippen molar-refractivity contribution in [2.75, 3.05) is 38.7 Å². The molecule has 19 heavy (non-hydrogen) atoms. The zero-order valence-corrected chi connectivity index (χ0v) is 11.7. The molecule has 1 aromatic rings. The van der Waals surface area contributed by atoms with Crippen LogP contribution >= 0.6 is 0 Å². The fourth-order valence-corrected chi connectivity index (χ4v) is 2.29. The van der Waals surface area contributed by atoms with Crippen molar-refractivity contribution in [3.05, 3.63) is 24.3 Å². The lowest BCUT2D eigenvalue weighted by Crippen LogP contribution is -2.21. The summed E-state index contributed by atoms with van der Waals surface area (Å²) in [6.45, 7) is 3.47. The average Bonchev–Trinajstić information content (AvgIpc) is 2.70. The Morgan fingerprint density at radius 1 is 1.16 bits per heavy atom. The molecule has 106 valence electrons. The minimum absolute atomic E-state index is 0.579. The lowest BCUT2D eigenvalue weighted by atomic mass is 10.1. The van der Waals surface area contributed by atoms with Crippen molar-refractivity contribution in [2.45, 2.75) is 25.3 Å². The van der Waals surface area contributed by atoms with Crippen LogP contribution in [0.15, 0.2) is 24.3 Å². The van der Waals surface area contributed by atoms with Crippen LogP contribution in [0.1, 0.15) is 19.3 Å². The standard InChI is InChI=1S/C15H24N2O2/c1-18-11-12-19-15-6-4-14(5-7-15)17-13-3-2-9-16-10-8-13/h4-7,13,16-17H,2-3,8-12H2,1H3. The predicted octanol–water partition coefficient (Wildman–Crippen LogP) is 2.27. The molecule has 1 unspecified atom stereocenters. The number of rotatable bonds is 6. The van der Waals surface area contributed by atoms with E-state index >= 15 is 0 Å². The maximum absolute atomic E-state index is 5.55. The third-order valence-electron chi connectivity index (χ3n) is 3.36. The molecule has 1 fully saturated rings. The Bertz CT molecular complexity index is 346. The molecular weight excluding hydrogens is 240 g/mol. The second kappa shape index (κ2) is 8.02. The monoisotopic (exact) mass is 264 g/mol. The molecule has 1 aromatic carbocycles. The molecule has 2 N–H and O–H groups in total. The first-order valence-electron chi connectivity index (χ1n) is 7.07. The lowest BCUT2D eigenvalue weighted by molar-refractivity contribution is 0.146. The quantitative estimate of drug-likeness (QED) is 0.774. The Morgan fingerprint density at radius 3 is 2.79 bits per heavy atom. The van der Waals surface area contributed by atoms with Crippen LogP contribution in [0.4, 0.5) is 5.69 Å². The Morgan fingerprint density at radius 2 is 2.00 bits per heavy atom. The van der Waals surface area contributed by atoms with Gasteiger partial charge in [0, 0.05) is 18.8 Å². The van der Waals surface area contributed by atoms with E-state index in [0.29, 0.717) is 19.3 Å². The molecule has 2 rings (SSSR count). The number of anilines is 1. The van der Waals surface area contributed by atoms with Gasteiger partial charge in [-0.15, -0.1) is 0 Å². The molecule has 1 aliphatic rings. The number of ether oxygens (including phenoxy) is 2. The van der Waals surface area contributed by atoms with Gasteiger partial charge in [0.05, 0.1) is 6.61 Å². The largest absolute Gasteiger partial charge is 0.491 e. The van der Waals surface area contributed by atoms with Gasteiger partial charge in [0.1, 0.15) is 12.4 Å². The van der Waals surface area contributed by atoms with Gasteiger partial charge in [0.2, 0.25) is 0 Å². The fraction of sp³-hybridized carbons (Fsp3) is 0.600. The van der Waals surface area contributed by atoms with Gasteiger partial charge < -0.3 is 20.1 Å². The van der Waals surface area contributed by atoms with E-state index in [1.807, 2.05) is 12.1 Å². The zero-order valence-electron chi connectivity index (χ0n) is 11.7. The molecule has 0 amide bonds. The summed E-state index contributed by atoms with van der Waals surface area (Å²) >= 11 is 0. The molecule has 0 aliphatic carbocycles. The van der Waals surface area contributed by atoms with Gasteiger partial charge >= 0.3 is 0 Å². The van der Waals surface area contributed by atoms with Gasteiger partial charge in [-0.2, -0.15) is 0 Å². The molecule has 0 saturated carbocycles. The second-order valence-corrected chi connectivity index (χ2v) is 4.89. The zero-order chi connectivity index (χ0) is 13.3. The minimum atomic E-state index is 0.579. The van der Waals surface area contributed by atoms with E-state index in [4.69, 9.17) is 9.47 Å². The molecule has 0 radical (unpaired) electrons. The molecule has 1 saturated heterocycles. The van der Waals surface area contributed by atoms with Crippen molar-refractivity contribution in [2.24, 2.45) is 0 Å². The third kappa shape index (κ3) is 5.09. The van der Waals surface area contributed by atoms with Crippen LogP contribution < -0.4 is 15.4 Å². The second-order valence-electron chi connectivity index (χ2n) is 4.89. The highest BCUT2D eigenvalue weighted by Gasteiger charge is 2.11. The predicted molar refractivity (Wildman–Crippen MR) is 77.9 cm³/mol. The van der Waals surface area contributed by atoms with Crippen LogP contribution in [0.25, 0.3) is 0 Å². The number of methoxy groups -OCH3 is 1. The van der Waals surface area contributed by atoms with Gasteiger partial charge in [-0.3, -0.25) is 0 Å². The first-order chi connectivity index (χ1) is 9.38. The molecule has 1 atom stereocenters. The van der Waals surface area contributed by atoms with Crippen LogP contribution in [0.3, 0.4) is 0 Å². The average molecular weight is 264 g/mol. The van der Waals surface area contributed by atoms with Crippen LogP contribution in [-0.2, 0) is 4.74 Å². The van der Waals surface area contributed by atoms with Crippen molar-refractivity contribution < 1.29 is 9.47 Å². The number of nitrogens with one attached hydrogen (secondary N) is 2. The summed E-state index contributed by atoms with van der Waals surface area (Å²) in [5.74, 6) is 0.894. The molecule has 0 spiro atoms. The van der Waals surface area contributed by atoms with Crippen molar-refractivity contribution in [3.8, 4) is 5.75 Å². The van der Waals surface area contributed by atoms with Crippen molar-refractivity contribution >= 4 is 5.69 Å². The van der Waals surface area contributed by atoms with Crippen LogP contribution in [0.2, 0.25) is 0 Å². The van der Waals surface area contributed by atoms with Gasteiger partial charge in [0.15, 0.2) is 0 Å². The van der Waals surface area contributed by atoms with Crippen molar-refractivity contribution in [1.82, 2.24) is 5.32 Å². The van der Waals surface area contributed by atoms with E-state index in [-0.39, 0.29) is 0 Å². The summed E-state index contributed by atoms with van der Waals surface area (Å²) in [7, 11) is 1.68. The Kier molecular flexibility index (Phi) is 5.98. The summed E-state index contributed by atoms with van der Waals surface area (Å²) in [6, 6.07) is 8.76. The number of hydrogen-bond acceptors (Lipinski definition) is 4. The minimum Gasteiger partial charge on any atom is -0.491 e. The Balaban J connectivity index is 1.80. The topological polar surface area (TPSA) is 42.5 Å². The molecule has 1 aliphatic heterocycles. The third-order valence-corrected chi connectivity index (χ3v) is 3.36. The highest BCUT2D eigenvalue weighted by atomic mass is 16.5. The molecular formula is C15H24N2O2. The van der Waals surface area contributed by atoms with E-state index in [0.717, 1.165) is 18.8 Å². The summed E-state index contributed by atoms with van der Waals surface area (Å²) in [5, 5.41) is 7.02. The fourth-order valence-electron chi connectivity index (χ4n) is 2.29. The smallest absolute Gasteiger partial charge is 0.119 e. The molecule has 1 heterocycles. The van der Waals surface area contributed by atoms with E-state index in [2.05, 4.69) is 22.8 Å². The SMILES string of the molecule is COCCOc1ccc(NC2CCCNCC2)cc1. The molecule has 4 heteroatoms. The highest BCUT2D eigenvalue weighted by molar-refractivity contribution is 5.47. The maximum Gasteiger partial charge on any atom is 0.119 e. The Labute approximate surface area is 115 Å². The van der Waals surface area contributed by atoms with E-state index in [9.17, 15) is 0 Å². The lowest BCUT2D eigenvalue weighted by Gasteiger charge is -2.17. The summed E-state index contributed by atoms with van der Waals surface area (Å²) < 4.78 is 10.5. The molecule has 4 nitrogen and oxygen atoms in total. The normalized spacial score (nSPS) is 19.7. The van der Waals surface area contributed by atoms with Crippen molar-refractivity contribution in [1.29, 1.82) is 0 Å². The van der Waals surface area contributed by atoms with Crippen LogP contribution in [-0.4, -0.2) is 39.5 Å². The number of benzene rings is 1. The van der Waals surface area contributed by atoms with E-state index < -0.39 is 0 Å². The summed E-state index contributed by atoms with van der Waals surface area (Å²) in [5.41, 5.74) is 1.17.